The van der Waals surface area contributed by atoms with Crippen LogP contribution in [-0.4, -0.2) is 53.8 Å². The highest BCUT2D eigenvalue weighted by atomic mass is 32.1. The van der Waals surface area contributed by atoms with Crippen molar-refractivity contribution in [3.63, 3.8) is 0 Å². The molecule has 0 amide bonds. The molecule has 25 heavy (non-hydrogen) atoms. The first-order chi connectivity index (χ1) is 12.0. The number of likely N-dealkylation sites (N-methyl/N-ethyl adjacent to an activating group) is 1. The van der Waals surface area contributed by atoms with E-state index in [1.54, 1.807) is 18.3 Å². The highest BCUT2D eigenvalue weighted by Crippen LogP contribution is 2.38. The highest BCUT2D eigenvalue weighted by Gasteiger charge is 2.19. The standard InChI is InChI=1S/C19H24N4OS/c1-13(24)10-23(4)18-17-15(14-8-6-5-7-9-14)12-25-19(17)21-16(20-18)11-22(2)3/h5-9,12-13,24H,10-11H2,1-4H3. The number of aliphatic hydroxyl groups is 1. The van der Waals surface area contributed by atoms with Gasteiger partial charge in [-0.05, 0) is 26.6 Å². The van der Waals surface area contributed by atoms with Crippen molar-refractivity contribution in [2.75, 3.05) is 32.6 Å². The van der Waals surface area contributed by atoms with E-state index in [1.807, 2.05) is 44.2 Å². The monoisotopic (exact) mass is 356 g/mol. The van der Waals surface area contributed by atoms with Crippen molar-refractivity contribution in [2.45, 2.75) is 19.6 Å². The first kappa shape index (κ1) is 17.8. The number of rotatable bonds is 6. The Morgan fingerprint density at radius 3 is 2.48 bits per heavy atom. The number of anilines is 1. The van der Waals surface area contributed by atoms with Gasteiger partial charge in [-0.1, -0.05) is 30.3 Å². The number of hydrogen-bond donors (Lipinski definition) is 1. The Balaban J connectivity index is 2.18. The summed E-state index contributed by atoms with van der Waals surface area (Å²) in [6.45, 7) is 3.00. The summed E-state index contributed by atoms with van der Waals surface area (Å²) >= 11 is 1.64. The van der Waals surface area contributed by atoms with Gasteiger partial charge in [0.25, 0.3) is 0 Å². The second-order valence-electron chi connectivity index (χ2n) is 6.63. The molecule has 0 bridgehead atoms. The van der Waals surface area contributed by atoms with E-state index in [0.29, 0.717) is 13.1 Å². The molecule has 6 heteroatoms. The fraction of sp³-hybridized carbons (Fsp3) is 0.368. The van der Waals surface area contributed by atoms with Gasteiger partial charge in [0.15, 0.2) is 0 Å². The zero-order chi connectivity index (χ0) is 18.0. The van der Waals surface area contributed by atoms with Crippen molar-refractivity contribution in [1.29, 1.82) is 0 Å². The van der Waals surface area contributed by atoms with E-state index in [9.17, 15) is 5.11 Å². The van der Waals surface area contributed by atoms with Crippen molar-refractivity contribution in [1.82, 2.24) is 14.9 Å². The predicted molar refractivity (Wildman–Crippen MR) is 105 cm³/mol. The zero-order valence-corrected chi connectivity index (χ0v) is 15.9. The molecule has 2 aromatic heterocycles. The number of nitrogens with zero attached hydrogens (tertiary/aromatic N) is 4. The summed E-state index contributed by atoms with van der Waals surface area (Å²) in [6.07, 6.45) is -0.425. The number of aromatic nitrogens is 2. The van der Waals surface area contributed by atoms with E-state index in [-0.39, 0.29) is 0 Å². The van der Waals surface area contributed by atoms with Gasteiger partial charge in [-0.3, -0.25) is 0 Å². The molecule has 0 radical (unpaired) electrons. The lowest BCUT2D eigenvalue weighted by molar-refractivity contribution is 0.201. The maximum absolute atomic E-state index is 9.82. The molecular weight excluding hydrogens is 332 g/mol. The molecule has 1 atom stereocenters. The molecule has 1 unspecified atom stereocenters. The van der Waals surface area contributed by atoms with Gasteiger partial charge < -0.3 is 14.9 Å². The van der Waals surface area contributed by atoms with Crippen LogP contribution >= 0.6 is 11.3 Å². The van der Waals surface area contributed by atoms with Crippen LogP contribution in [0.3, 0.4) is 0 Å². The summed E-state index contributed by atoms with van der Waals surface area (Å²) in [5.74, 6) is 1.68. The van der Waals surface area contributed by atoms with Crippen molar-refractivity contribution < 1.29 is 5.11 Å². The molecule has 0 aliphatic heterocycles. The van der Waals surface area contributed by atoms with E-state index in [2.05, 4.69) is 22.4 Å². The Morgan fingerprint density at radius 1 is 1.12 bits per heavy atom. The van der Waals surface area contributed by atoms with E-state index < -0.39 is 6.10 Å². The molecule has 0 spiro atoms. The van der Waals surface area contributed by atoms with Gasteiger partial charge in [0.2, 0.25) is 0 Å². The lowest BCUT2D eigenvalue weighted by Gasteiger charge is -2.22. The summed E-state index contributed by atoms with van der Waals surface area (Å²) in [5, 5.41) is 13.0. The highest BCUT2D eigenvalue weighted by molar-refractivity contribution is 7.17. The molecule has 1 N–H and O–H groups in total. The van der Waals surface area contributed by atoms with Gasteiger partial charge in [0.05, 0.1) is 18.0 Å². The molecule has 2 heterocycles. The van der Waals surface area contributed by atoms with Gasteiger partial charge in [-0.25, -0.2) is 9.97 Å². The van der Waals surface area contributed by atoms with Crippen molar-refractivity contribution >= 4 is 27.4 Å². The van der Waals surface area contributed by atoms with Gasteiger partial charge in [0.1, 0.15) is 16.5 Å². The third-order valence-corrected chi connectivity index (χ3v) is 4.78. The minimum atomic E-state index is -0.425. The minimum absolute atomic E-state index is 0.425. The summed E-state index contributed by atoms with van der Waals surface area (Å²) < 4.78 is 0. The van der Waals surface area contributed by atoms with Crippen LogP contribution in [0.5, 0.6) is 0 Å². The Kier molecular flexibility index (Phi) is 5.32. The van der Waals surface area contributed by atoms with E-state index in [1.165, 1.54) is 0 Å². The van der Waals surface area contributed by atoms with Crippen molar-refractivity contribution in [3.05, 3.63) is 41.5 Å². The Labute approximate surface area is 152 Å². The third-order valence-electron chi connectivity index (χ3n) is 3.90. The van der Waals surface area contributed by atoms with Gasteiger partial charge in [-0.15, -0.1) is 11.3 Å². The molecule has 0 saturated heterocycles. The number of thiophene rings is 1. The third kappa shape index (κ3) is 3.98. The molecule has 1 aromatic carbocycles. The van der Waals surface area contributed by atoms with Crippen molar-refractivity contribution in [3.8, 4) is 11.1 Å². The average molecular weight is 356 g/mol. The van der Waals surface area contributed by atoms with Crippen LogP contribution in [-0.2, 0) is 6.54 Å². The normalized spacial score (nSPS) is 12.7. The number of fused-ring (bicyclic) bond motifs is 1. The average Bonchev–Trinajstić information content (AvgIpc) is 2.97. The van der Waals surface area contributed by atoms with Crippen molar-refractivity contribution in [2.24, 2.45) is 0 Å². The second kappa shape index (κ2) is 7.47. The van der Waals surface area contributed by atoms with Gasteiger partial charge in [0, 0.05) is 24.5 Å². The maximum Gasteiger partial charge on any atom is 0.146 e. The fourth-order valence-corrected chi connectivity index (χ4v) is 3.87. The first-order valence-corrected chi connectivity index (χ1v) is 9.21. The fourth-order valence-electron chi connectivity index (χ4n) is 2.91. The molecule has 5 nitrogen and oxygen atoms in total. The van der Waals surface area contributed by atoms with Crippen LogP contribution in [0.25, 0.3) is 21.3 Å². The Morgan fingerprint density at radius 2 is 1.84 bits per heavy atom. The molecule has 3 aromatic rings. The van der Waals surface area contributed by atoms with Crippen LogP contribution in [0.4, 0.5) is 5.82 Å². The van der Waals surface area contributed by atoms with Crippen LogP contribution in [0.15, 0.2) is 35.7 Å². The summed E-state index contributed by atoms with van der Waals surface area (Å²) in [5.41, 5.74) is 2.30. The smallest absolute Gasteiger partial charge is 0.146 e. The minimum Gasteiger partial charge on any atom is -0.392 e. The van der Waals surface area contributed by atoms with E-state index in [0.717, 1.165) is 33.0 Å². The topological polar surface area (TPSA) is 52.5 Å². The van der Waals surface area contributed by atoms with E-state index in [4.69, 9.17) is 9.97 Å². The molecule has 132 valence electrons. The van der Waals surface area contributed by atoms with Gasteiger partial charge in [-0.2, -0.15) is 0 Å². The van der Waals surface area contributed by atoms with E-state index >= 15 is 0 Å². The lowest BCUT2D eigenvalue weighted by atomic mass is 10.1. The largest absolute Gasteiger partial charge is 0.392 e. The quantitative estimate of drug-likeness (QED) is 0.735. The summed E-state index contributed by atoms with van der Waals surface area (Å²) in [4.78, 5) is 14.6. The molecule has 0 saturated carbocycles. The van der Waals surface area contributed by atoms with Crippen LogP contribution < -0.4 is 4.90 Å². The summed E-state index contributed by atoms with van der Waals surface area (Å²) in [6, 6.07) is 10.3. The van der Waals surface area contributed by atoms with Crippen LogP contribution in [0.1, 0.15) is 12.7 Å². The Bertz CT molecular complexity index is 845. The first-order valence-electron chi connectivity index (χ1n) is 8.33. The van der Waals surface area contributed by atoms with Crippen LogP contribution in [0, 0.1) is 0 Å². The van der Waals surface area contributed by atoms with Crippen LogP contribution in [0.2, 0.25) is 0 Å². The molecule has 0 aliphatic carbocycles. The molecule has 0 fully saturated rings. The molecule has 3 rings (SSSR count). The van der Waals surface area contributed by atoms with Gasteiger partial charge >= 0.3 is 0 Å². The number of aliphatic hydroxyl groups excluding tert-OH is 1. The predicted octanol–water partition coefficient (Wildman–Crippen LogP) is 3.24. The molecular formula is C19H24N4OS. The summed E-state index contributed by atoms with van der Waals surface area (Å²) in [7, 11) is 5.99. The zero-order valence-electron chi connectivity index (χ0n) is 15.1. The maximum atomic E-state index is 9.82. The SMILES string of the molecule is CC(O)CN(C)c1nc(CN(C)C)nc2scc(-c3ccccc3)c12. The number of benzene rings is 1. The Hall–Kier alpha value is -2.02. The number of hydrogen-bond acceptors (Lipinski definition) is 6. The lowest BCUT2D eigenvalue weighted by Crippen LogP contribution is -2.28. The second-order valence-corrected chi connectivity index (χ2v) is 7.48. The molecule has 0 aliphatic rings.